The van der Waals surface area contributed by atoms with Crippen molar-refractivity contribution in [2.75, 3.05) is 0 Å². The summed E-state index contributed by atoms with van der Waals surface area (Å²) < 4.78 is 1.15. The molecule has 3 aliphatic rings. The molecule has 38 heavy (non-hydrogen) atoms. The Kier molecular flexibility index (Phi) is 3.95. The average molecular weight is 545 g/mol. The van der Waals surface area contributed by atoms with Crippen molar-refractivity contribution in [3.8, 4) is 11.1 Å². The molecule has 0 unspecified atom stereocenters. The van der Waals surface area contributed by atoms with Crippen LogP contribution in [-0.4, -0.2) is 0 Å². The summed E-state index contributed by atoms with van der Waals surface area (Å²) in [6.07, 6.45) is 7.09. The minimum absolute atomic E-state index is 0.318. The molecule has 1 heteroatoms. The maximum Gasteiger partial charge on any atom is 0.0659 e. The number of allylic oxidation sites excluding steroid dienone is 4. The van der Waals surface area contributed by atoms with Crippen LogP contribution in [0.5, 0.6) is 0 Å². The summed E-state index contributed by atoms with van der Waals surface area (Å²) in [5.41, 5.74) is 7.77. The van der Waals surface area contributed by atoms with Crippen LogP contribution >= 0.6 is 15.9 Å². The molecule has 0 saturated carbocycles. The van der Waals surface area contributed by atoms with Gasteiger partial charge in [0.2, 0.25) is 0 Å². The van der Waals surface area contributed by atoms with Crippen LogP contribution in [0, 0.1) is 0 Å². The van der Waals surface area contributed by atoms with Gasteiger partial charge >= 0.3 is 0 Å². The van der Waals surface area contributed by atoms with E-state index in [0.717, 1.165) is 4.48 Å². The highest BCUT2D eigenvalue weighted by Crippen LogP contribution is 2.58. The van der Waals surface area contributed by atoms with E-state index in [1.54, 1.807) is 0 Å². The Labute approximate surface area is 228 Å². The van der Waals surface area contributed by atoms with Crippen LogP contribution in [0.3, 0.4) is 0 Å². The van der Waals surface area contributed by atoms with E-state index in [9.17, 15) is 0 Å². The van der Waals surface area contributed by atoms with Crippen molar-refractivity contribution in [1.82, 2.24) is 0 Å². The summed E-state index contributed by atoms with van der Waals surface area (Å²) >= 11 is 3.94. The van der Waals surface area contributed by atoms with Crippen LogP contribution in [-0.2, 0) is 5.41 Å². The summed E-state index contributed by atoms with van der Waals surface area (Å²) in [6, 6.07) is 40.5. The Balaban J connectivity index is 1.52. The second-order valence-corrected chi connectivity index (χ2v) is 11.4. The van der Waals surface area contributed by atoms with Gasteiger partial charge in [0, 0.05) is 4.48 Å². The predicted molar refractivity (Wildman–Crippen MR) is 164 cm³/mol. The third-order valence-corrected chi connectivity index (χ3v) is 9.57. The summed E-state index contributed by atoms with van der Waals surface area (Å²) in [7, 11) is 0. The van der Waals surface area contributed by atoms with Gasteiger partial charge in [0.15, 0.2) is 0 Å². The smallest absolute Gasteiger partial charge is 0.0640 e. The van der Waals surface area contributed by atoms with E-state index in [4.69, 9.17) is 0 Å². The summed E-state index contributed by atoms with van der Waals surface area (Å²) in [5, 5.41) is 10.5. The quantitative estimate of drug-likeness (QED) is 0.169. The van der Waals surface area contributed by atoms with Crippen molar-refractivity contribution in [3.63, 3.8) is 0 Å². The van der Waals surface area contributed by atoms with E-state index in [0.29, 0.717) is 0 Å². The summed E-state index contributed by atoms with van der Waals surface area (Å²) in [5.74, 6) is 0. The van der Waals surface area contributed by atoms with Crippen LogP contribution in [0.1, 0.15) is 11.1 Å². The van der Waals surface area contributed by atoms with E-state index in [2.05, 4.69) is 143 Å². The zero-order chi connectivity index (χ0) is 25.0. The number of fused-ring (bicyclic) bond motifs is 14. The van der Waals surface area contributed by atoms with Gasteiger partial charge in [-0.1, -0.05) is 119 Å². The largest absolute Gasteiger partial charge is 0.0659 e. The molecule has 0 atom stereocenters. The first-order valence-corrected chi connectivity index (χ1v) is 13.9. The van der Waals surface area contributed by atoms with Crippen molar-refractivity contribution in [2.45, 2.75) is 5.41 Å². The van der Waals surface area contributed by atoms with Crippen molar-refractivity contribution in [3.05, 3.63) is 153 Å². The molecule has 1 spiro atoms. The van der Waals surface area contributed by atoms with E-state index in [-0.39, 0.29) is 5.41 Å². The number of rotatable bonds is 0. The molecule has 6 aromatic rings. The van der Waals surface area contributed by atoms with Gasteiger partial charge in [-0.25, -0.2) is 0 Å². The minimum Gasteiger partial charge on any atom is -0.0640 e. The fourth-order valence-corrected chi connectivity index (χ4v) is 7.82. The van der Waals surface area contributed by atoms with E-state index < -0.39 is 0 Å². The molecule has 0 radical (unpaired) electrons. The third kappa shape index (κ3) is 2.41. The normalized spacial score (nSPS) is 16.2. The van der Waals surface area contributed by atoms with Crippen molar-refractivity contribution in [1.29, 1.82) is 0 Å². The van der Waals surface area contributed by atoms with Crippen molar-refractivity contribution in [2.24, 2.45) is 0 Å². The van der Waals surface area contributed by atoms with Crippen molar-refractivity contribution < 1.29 is 0 Å². The molecule has 0 aliphatic heterocycles. The highest BCUT2D eigenvalue weighted by molar-refractivity contribution is 9.12. The number of hydrogen-bond acceptors (Lipinski definition) is 0. The number of halogens is 1. The minimum atomic E-state index is -0.318. The van der Waals surface area contributed by atoms with Gasteiger partial charge in [0.25, 0.3) is 0 Å². The average Bonchev–Trinajstić information content (AvgIpc) is 3.49. The SMILES string of the molecule is BrC1=C2C=c3cc4c5ccccc5c5ccccc5c4cc3=C2C2(C=C1)c1ccccc1-c1ccccc12. The molecular weight excluding hydrogens is 524 g/mol. The first kappa shape index (κ1) is 20.8. The molecule has 0 N–H and O–H groups in total. The lowest BCUT2D eigenvalue weighted by atomic mass is 9.67. The van der Waals surface area contributed by atoms with Crippen LogP contribution < -0.4 is 10.4 Å². The van der Waals surface area contributed by atoms with Gasteiger partial charge in [0.05, 0.1) is 5.41 Å². The zero-order valence-corrected chi connectivity index (χ0v) is 22.1. The Bertz CT molecular complexity index is 2200. The molecule has 3 aliphatic carbocycles. The molecule has 0 saturated heterocycles. The zero-order valence-electron chi connectivity index (χ0n) is 20.5. The highest BCUT2D eigenvalue weighted by Gasteiger charge is 2.47. The Morgan fingerprint density at radius 2 is 1.03 bits per heavy atom. The molecule has 6 aromatic carbocycles. The molecule has 9 rings (SSSR count). The first-order valence-electron chi connectivity index (χ1n) is 13.1. The van der Waals surface area contributed by atoms with Crippen LogP contribution in [0.2, 0.25) is 0 Å². The van der Waals surface area contributed by atoms with E-state index >= 15 is 0 Å². The lowest BCUT2D eigenvalue weighted by Gasteiger charge is -2.34. The van der Waals surface area contributed by atoms with Gasteiger partial charge in [-0.05, 0) is 100 Å². The fraction of sp³-hybridized carbons (Fsp3) is 0.0270. The van der Waals surface area contributed by atoms with Crippen LogP contribution in [0.15, 0.2) is 131 Å². The first-order chi connectivity index (χ1) is 18.8. The van der Waals surface area contributed by atoms with E-state index in [1.165, 1.54) is 76.2 Å². The molecule has 0 amide bonds. The Hall–Kier alpha value is -4.20. The van der Waals surface area contributed by atoms with Gasteiger partial charge in [-0.15, -0.1) is 0 Å². The molecular formula is C37H21Br. The maximum absolute atomic E-state index is 3.94. The topological polar surface area (TPSA) is 0 Å². The summed E-state index contributed by atoms with van der Waals surface area (Å²) in [6.45, 7) is 0. The monoisotopic (exact) mass is 544 g/mol. The van der Waals surface area contributed by atoms with Gasteiger partial charge in [-0.2, -0.15) is 0 Å². The Morgan fingerprint density at radius 1 is 0.526 bits per heavy atom. The summed E-state index contributed by atoms with van der Waals surface area (Å²) in [4.78, 5) is 0. The van der Waals surface area contributed by atoms with Gasteiger partial charge in [0.1, 0.15) is 0 Å². The second kappa shape index (κ2) is 7.22. The van der Waals surface area contributed by atoms with Gasteiger partial charge in [-0.3, -0.25) is 0 Å². The third-order valence-electron chi connectivity index (χ3n) is 8.88. The molecule has 0 bridgehead atoms. The molecule has 176 valence electrons. The number of hydrogen-bond donors (Lipinski definition) is 0. The molecule has 0 fully saturated rings. The molecule has 0 nitrogen and oxygen atoms in total. The van der Waals surface area contributed by atoms with Gasteiger partial charge < -0.3 is 0 Å². The maximum atomic E-state index is 3.94. The molecule has 0 aromatic heterocycles. The predicted octanol–water partition coefficient (Wildman–Crippen LogP) is 8.28. The van der Waals surface area contributed by atoms with E-state index in [1.807, 2.05) is 0 Å². The van der Waals surface area contributed by atoms with Crippen molar-refractivity contribution >= 4 is 59.9 Å². The number of benzene rings is 6. The molecule has 0 heterocycles. The highest BCUT2D eigenvalue weighted by atomic mass is 79.9. The Morgan fingerprint density at radius 3 is 1.63 bits per heavy atom. The second-order valence-electron chi connectivity index (χ2n) is 10.6. The van der Waals surface area contributed by atoms with Crippen LogP contribution in [0.4, 0.5) is 0 Å². The van der Waals surface area contributed by atoms with Crippen LogP contribution in [0.25, 0.3) is 55.1 Å². The fourth-order valence-electron chi connectivity index (χ4n) is 7.38. The lowest BCUT2D eigenvalue weighted by molar-refractivity contribution is 0.859. The standard InChI is InChI=1S/C37H21Br/c38-35-17-18-37(33-15-7-5-13-27(33)28-14-6-8-16-34(28)37)36-29-21-31-26-12-4-2-10-24(26)23-9-1-3-11-25(23)30(31)19-22(29)20-32(35)36/h1-21H. The lowest BCUT2D eigenvalue weighted by Crippen LogP contribution is -2.34.